The average Bonchev–Trinajstić information content (AvgIpc) is 2.98. The first-order chi connectivity index (χ1) is 15.1. The Labute approximate surface area is 191 Å². The van der Waals surface area contributed by atoms with Crippen LogP contribution in [0.1, 0.15) is 76.5 Å². The lowest BCUT2D eigenvalue weighted by atomic mass is 9.81. The SMILES string of the molecule is CC[C@H](NC(=O)N1c2cc(C)c(C)cc2C(C)=CC1(C)C)N1C(=O)[C@@H]2CCCC[C@H]2C1=O. The number of nitrogens with one attached hydrogen (secondary N) is 1. The molecule has 2 aliphatic heterocycles. The Balaban J connectivity index is 1.65. The topological polar surface area (TPSA) is 69.7 Å². The number of carbonyl (C=O) groups is 3. The minimum Gasteiger partial charge on any atom is -0.317 e. The Hall–Kier alpha value is -2.63. The second-order valence-electron chi connectivity index (χ2n) is 10.2. The van der Waals surface area contributed by atoms with Gasteiger partial charge in [-0.3, -0.25) is 19.4 Å². The molecule has 3 aliphatic rings. The fraction of sp³-hybridized carbons (Fsp3) is 0.577. The lowest BCUT2D eigenvalue weighted by Crippen LogP contribution is -2.59. The normalized spacial score (nSPS) is 25.2. The molecule has 1 aliphatic carbocycles. The number of likely N-dealkylation sites (tertiary alicyclic amines) is 1. The van der Waals surface area contributed by atoms with Gasteiger partial charge in [-0.2, -0.15) is 0 Å². The molecule has 0 aromatic heterocycles. The quantitative estimate of drug-likeness (QED) is 0.682. The molecule has 172 valence electrons. The number of fused-ring (bicyclic) bond motifs is 2. The number of nitrogens with zero attached hydrogens (tertiary/aromatic N) is 2. The van der Waals surface area contributed by atoms with Crippen LogP contribution in [0, 0.1) is 25.7 Å². The minimum atomic E-state index is -0.633. The highest BCUT2D eigenvalue weighted by Gasteiger charge is 2.51. The number of aryl methyl sites for hydroxylation is 2. The number of hydrogen-bond donors (Lipinski definition) is 1. The van der Waals surface area contributed by atoms with Gasteiger partial charge in [0.25, 0.3) is 0 Å². The zero-order chi connectivity index (χ0) is 23.4. The first-order valence-electron chi connectivity index (χ1n) is 11.9. The van der Waals surface area contributed by atoms with E-state index in [0.717, 1.165) is 48.1 Å². The summed E-state index contributed by atoms with van der Waals surface area (Å²) < 4.78 is 0. The molecule has 1 aromatic rings. The van der Waals surface area contributed by atoms with Gasteiger partial charge in [0.15, 0.2) is 0 Å². The third-order valence-electron chi connectivity index (χ3n) is 7.49. The number of imide groups is 1. The van der Waals surface area contributed by atoms with Crippen LogP contribution < -0.4 is 10.2 Å². The minimum absolute atomic E-state index is 0.118. The summed E-state index contributed by atoms with van der Waals surface area (Å²) in [5.74, 6) is -0.671. The van der Waals surface area contributed by atoms with Crippen LogP contribution in [0.15, 0.2) is 18.2 Å². The van der Waals surface area contributed by atoms with E-state index in [-0.39, 0.29) is 29.7 Å². The lowest BCUT2D eigenvalue weighted by Gasteiger charge is -2.42. The van der Waals surface area contributed by atoms with Gasteiger partial charge in [-0.05, 0) is 82.7 Å². The number of hydrogen-bond acceptors (Lipinski definition) is 3. The van der Waals surface area contributed by atoms with Crippen molar-refractivity contribution in [2.75, 3.05) is 4.90 Å². The van der Waals surface area contributed by atoms with Crippen molar-refractivity contribution in [2.24, 2.45) is 11.8 Å². The van der Waals surface area contributed by atoms with Crippen LogP contribution in [0.4, 0.5) is 10.5 Å². The zero-order valence-electron chi connectivity index (χ0n) is 20.1. The first kappa shape index (κ1) is 22.6. The molecule has 6 heteroatoms. The van der Waals surface area contributed by atoms with E-state index in [1.165, 1.54) is 10.5 Å². The van der Waals surface area contributed by atoms with Gasteiger partial charge in [0, 0.05) is 5.56 Å². The number of urea groups is 1. The summed E-state index contributed by atoms with van der Waals surface area (Å²) in [5, 5.41) is 3.04. The number of allylic oxidation sites excluding steroid dienone is 1. The van der Waals surface area contributed by atoms with Crippen molar-refractivity contribution in [3.8, 4) is 0 Å². The average molecular weight is 438 g/mol. The van der Waals surface area contributed by atoms with Gasteiger partial charge in [0.1, 0.15) is 6.17 Å². The molecule has 1 saturated heterocycles. The van der Waals surface area contributed by atoms with E-state index in [0.29, 0.717) is 6.42 Å². The number of amides is 4. The fourth-order valence-electron chi connectivity index (χ4n) is 5.71. The van der Waals surface area contributed by atoms with Crippen molar-refractivity contribution < 1.29 is 14.4 Å². The van der Waals surface area contributed by atoms with Crippen molar-refractivity contribution in [3.63, 3.8) is 0 Å². The molecule has 1 N–H and O–H groups in total. The van der Waals surface area contributed by atoms with Crippen molar-refractivity contribution in [1.82, 2.24) is 10.2 Å². The van der Waals surface area contributed by atoms with Crippen molar-refractivity contribution >= 4 is 29.1 Å². The maximum Gasteiger partial charge on any atom is 0.324 e. The Kier molecular flexibility index (Phi) is 5.68. The van der Waals surface area contributed by atoms with E-state index in [9.17, 15) is 14.4 Å². The van der Waals surface area contributed by atoms with E-state index in [4.69, 9.17) is 0 Å². The highest BCUT2D eigenvalue weighted by molar-refractivity contribution is 6.06. The zero-order valence-corrected chi connectivity index (χ0v) is 20.1. The van der Waals surface area contributed by atoms with Gasteiger partial charge in [0.2, 0.25) is 11.8 Å². The summed E-state index contributed by atoms with van der Waals surface area (Å²) in [6.45, 7) is 12.1. The van der Waals surface area contributed by atoms with E-state index < -0.39 is 11.7 Å². The molecule has 0 radical (unpaired) electrons. The third kappa shape index (κ3) is 3.54. The number of carbonyl (C=O) groups excluding carboxylic acids is 3. The Morgan fingerprint density at radius 2 is 1.62 bits per heavy atom. The van der Waals surface area contributed by atoms with Gasteiger partial charge in [0.05, 0.1) is 23.1 Å². The molecule has 0 spiro atoms. The monoisotopic (exact) mass is 437 g/mol. The van der Waals surface area contributed by atoms with Crippen LogP contribution in [0.3, 0.4) is 0 Å². The summed E-state index contributed by atoms with van der Waals surface area (Å²) in [6, 6.07) is 3.90. The number of benzene rings is 1. The second-order valence-corrected chi connectivity index (χ2v) is 10.2. The van der Waals surface area contributed by atoms with Gasteiger partial charge < -0.3 is 5.32 Å². The molecule has 1 aromatic carbocycles. The van der Waals surface area contributed by atoms with Crippen LogP contribution in [0.2, 0.25) is 0 Å². The maximum absolute atomic E-state index is 13.7. The van der Waals surface area contributed by atoms with Crippen molar-refractivity contribution in [3.05, 3.63) is 34.9 Å². The Bertz CT molecular complexity index is 986. The maximum atomic E-state index is 13.7. The molecule has 0 bridgehead atoms. The smallest absolute Gasteiger partial charge is 0.317 e. The molecule has 2 fully saturated rings. The van der Waals surface area contributed by atoms with Gasteiger partial charge >= 0.3 is 6.03 Å². The molecular formula is C26H35N3O3. The molecular weight excluding hydrogens is 402 g/mol. The van der Waals surface area contributed by atoms with Crippen LogP contribution >= 0.6 is 0 Å². The van der Waals surface area contributed by atoms with Gasteiger partial charge in [-0.25, -0.2) is 4.79 Å². The molecule has 6 nitrogen and oxygen atoms in total. The van der Waals surface area contributed by atoms with Crippen molar-refractivity contribution in [1.29, 1.82) is 0 Å². The third-order valence-corrected chi connectivity index (χ3v) is 7.49. The van der Waals surface area contributed by atoms with E-state index in [1.54, 1.807) is 4.90 Å². The molecule has 4 rings (SSSR count). The van der Waals surface area contributed by atoms with E-state index in [1.807, 2.05) is 27.7 Å². The molecule has 1 saturated carbocycles. The van der Waals surface area contributed by atoms with Crippen LogP contribution in [0.5, 0.6) is 0 Å². The number of rotatable bonds is 3. The van der Waals surface area contributed by atoms with Crippen LogP contribution in [0.25, 0.3) is 5.57 Å². The van der Waals surface area contributed by atoms with Gasteiger partial charge in [-0.1, -0.05) is 25.8 Å². The molecule has 2 heterocycles. The summed E-state index contributed by atoms with van der Waals surface area (Å²) in [7, 11) is 0. The lowest BCUT2D eigenvalue weighted by molar-refractivity contribution is -0.143. The highest BCUT2D eigenvalue weighted by Crippen LogP contribution is 2.41. The Morgan fingerprint density at radius 1 is 1.06 bits per heavy atom. The highest BCUT2D eigenvalue weighted by atomic mass is 16.2. The molecule has 32 heavy (non-hydrogen) atoms. The summed E-state index contributed by atoms with van der Waals surface area (Å²) in [6.07, 6.45) is 5.46. The fourth-order valence-corrected chi connectivity index (χ4v) is 5.71. The van der Waals surface area contributed by atoms with Crippen molar-refractivity contribution in [2.45, 2.75) is 85.4 Å². The predicted octanol–water partition coefficient (Wildman–Crippen LogP) is 4.93. The summed E-state index contributed by atoms with van der Waals surface area (Å²) in [5.41, 5.74) is 4.78. The van der Waals surface area contributed by atoms with Crippen LogP contribution in [-0.2, 0) is 9.59 Å². The molecule has 0 unspecified atom stereocenters. The van der Waals surface area contributed by atoms with E-state index in [2.05, 4.69) is 37.4 Å². The molecule has 4 amide bonds. The Morgan fingerprint density at radius 3 is 2.19 bits per heavy atom. The number of anilines is 1. The summed E-state index contributed by atoms with van der Waals surface area (Å²) in [4.78, 5) is 43.0. The second kappa shape index (κ2) is 8.05. The largest absolute Gasteiger partial charge is 0.324 e. The molecule has 3 atom stereocenters. The standard InChI is InChI=1S/C26H35N3O3/c1-7-22(28-23(30)18-10-8-9-11-19(18)24(28)31)27-25(32)29-21-13-16(3)15(2)12-20(21)17(4)14-26(29,5)6/h12-14,18-19,22H,7-11H2,1-6H3,(H,27,32)/t18-,19-,22-/m1/s1. The van der Waals surface area contributed by atoms with E-state index >= 15 is 0 Å². The van der Waals surface area contributed by atoms with Gasteiger partial charge in [-0.15, -0.1) is 0 Å². The predicted molar refractivity (Wildman–Crippen MR) is 126 cm³/mol. The summed E-state index contributed by atoms with van der Waals surface area (Å²) >= 11 is 0. The van der Waals surface area contributed by atoms with Crippen LogP contribution in [-0.4, -0.2) is 34.5 Å². The first-order valence-corrected chi connectivity index (χ1v) is 11.9.